The average Bonchev–Trinajstić information content (AvgIpc) is 2.99. The third-order valence-corrected chi connectivity index (χ3v) is 8.78. The van der Waals surface area contributed by atoms with E-state index in [0.717, 1.165) is 71.6 Å². The fraction of sp³-hybridized carbons (Fsp3) is 0.955. The number of nitrogens with one attached hydrogen (secondary N) is 1. The summed E-state index contributed by atoms with van der Waals surface area (Å²) in [6, 6.07) is 0. The Balaban J connectivity index is 1.40. The van der Waals surface area contributed by atoms with Crippen molar-refractivity contribution in [1.82, 2.24) is 0 Å². The van der Waals surface area contributed by atoms with Gasteiger partial charge in [-0.05, 0) is 39.0 Å². The maximum Gasteiger partial charge on any atom is 0.315 e. The summed E-state index contributed by atoms with van der Waals surface area (Å²) >= 11 is 0. The number of carbonyl (C=O) groups excluding carboxylic acids is 1. The first-order chi connectivity index (χ1) is 13.8. The molecule has 0 amide bonds. The van der Waals surface area contributed by atoms with Crippen LogP contribution in [-0.4, -0.2) is 81.4 Å². The molecule has 166 valence electrons. The zero-order valence-corrected chi connectivity index (χ0v) is 18.4. The number of hydrogen-bond acceptors (Lipinski definition) is 5. The summed E-state index contributed by atoms with van der Waals surface area (Å²) in [5.74, 6) is -0.114. The van der Waals surface area contributed by atoms with E-state index in [1.54, 1.807) is 12.0 Å². The SMILES string of the molecule is CO[C@@]1(C)CCC[C@@]2(C)C[C@H]3OC(=O)[C@@H](C[NH2+]CC[NH+]4CCOCC4)[C@@H]3C[C@@]21O. The molecule has 2 heterocycles. The molecule has 2 saturated carbocycles. The zero-order valence-electron chi connectivity index (χ0n) is 18.4. The summed E-state index contributed by atoms with van der Waals surface area (Å²) in [7, 11) is 1.71. The van der Waals surface area contributed by atoms with Crippen molar-refractivity contribution in [1.29, 1.82) is 0 Å². The van der Waals surface area contributed by atoms with Crippen LogP contribution in [0.3, 0.4) is 0 Å². The first kappa shape index (κ1) is 21.5. The van der Waals surface area contributed by atoms with E-state index in [1.807, 2.05) is 0 Å². The Hall–Kier alpha value is -0.730. The smallest absolute Gasteiger partial charge is 0.315 e. The fourth-order valence-electron chi connectivity index (χ4n) is 6.67. The van der Waals surface area contributed by atoms with Gasteiger partial charge in [0.25, 0.3) is 0 Å². The molecule has 0 aromatic rings. The van der Waals surface area contributed by atoms with Gasteiger partial charge in [-0.3, -0.25) is 4.79 Å². The van der Waals surface area contributed by atoms with E-state index < -0.39 is 11.2 Å². The molecule has 4 rings (SSSR count). The maximum atomic E-state index is 12.7. The van der Waals surface area contributed by atoms with Gasteiger partial charge in [-0.1, -0.05) is 6.92 Å². The van der Waals surface area contributed by atoms with Crippen molar-refractivity contribution in [2.24, 2.45) is 17.3 Å². The summed E-state index contributed by atoms with van der Waals surface area (Å²) in [6.45, 7) is 10.9. The molecule has 0 aromatic heterocycles. The van der Waals surface area contributed by atoms with Gasteiger partial charge in [-0.15, -0.1) is 0 Å². The Morgan fingerprint density at radius 3 is 2.72 bits per heavy atom. The molecule has 0 spiro atoms. The zero-order chi connectivity index (χ0) is 20.7. The highest BCUT2D eigenvalue weighted by Crippen LogP contribution is 2.61. The van der Waals surface area contributed by atoms with Crippen LogP contribution >= 0.6 is 0 Å². The minimum atomic E-state index is -0.918. The molecule has 2 saturated heterocycles. The lowest BCUT2D eigenvalue weighted by atomic mass is 9.49. The van der Waals surface area contributed by atoms with Gasteiger partial charge in [-0.2, -0.15) is 0 Å². The van der Waals surface area contributed by atoms with Gasteiger partial charge in [0.2, 0.25) is 0 Å². The van der Waals surface area contributed by atoms with Gasteiger partial charge in [0.1, 0.15) is 38.2 Å². The first-order valence-corrected chi connectivity index (χ1v) is 11.5. The number of aliphatic hydroxyl groups is 1. The largest absolute Gasteiger partial charge is 0.462 e. The second-order valence-corrected chi connectivity index (χ2v) is 10.3. The van der Waals surface area contributed by atoms with Crippen LogP contribution in [0.15, 0.2) is 0 Å². The number of rotatable bonds is 6. The van der Waals surface area contributed by atoms with Gasteiger partial charge >= 0.3 is 5.97 Å². The molecule has 2 aliphatic carbocycles. The van der Waals surface area contributed by atoms with Crippen LogP contribution in [0, 0.1) is 17.3 Å². The van der Waals surface area contributed by atoms with Gasteiger partial charge in [0, 0.05) is 18.4 Å². The second-order valence-electron chi connectivity index (χ2n) is 10.3. The summed E-state index contributed by atoms with van der Waals surface area (Å²) in [4.78, 5) is 14.3. The normalized spacial score (nSPS) is 45.5. The lowest BCUT2D eigenvalue weighted by Crippen LogP contribution is -3.16. The van der Waals surface area contributed by atoms with Crippen molar-refractivity contribution in [2.75, 3.05) is 53.0 Å². The third kappa shape index (κ3) is 3.63. The van der Waals surface area contributed by atoms with Crippen molar-refractivity contribution in [3.8, 4) is 0 Å². The van der Waals surface area contributed by atoms with Crippen molar-refractivity contribution in [3.05, 3.63) is 0 Å². The number of fused-ring (bicyclic) bond motifs is 2. The molecule has 0 radical (unpaired) electrons. The van der Waals surface area contributed by atoms with E-state index in [-0.39, 0.29) is 29.3 Å². The Morgan fingerprint density at radius 2 is 2.00 bits per heavy atom. The van der Waals surface area contributed by atoms with Crippen LogP contribution in [0.25, 0.3) is 0 Å². The Bertz CT molecular complexity index is 612. The number of morpholine rings is 1. The number of methoxy groups -OCH3 is 1. The summed E-state index contributed by atoms with van der Waals surface area (Å²) in [5.41, 5.74) is -1.75. The molecular formula is C22H40N2O5+2. The fourth-order valence-corrected chi connectivity index (χ4v) is 6.67. The van der Waals surface area contributed by atoms with Crippen LogP contribution in [0.2, 0.25) is 0 Å². The van der Waals surface area contributed by atoms with Crippen LogP contribution in [0.5, 0.6) is 0 Å². The highest BCUT2D eigenvalue weighted by molar-refractivity contribution is 5.75. The van der Waals surface area contributed by atoms with Crippen LogP contribution in [0.4, 0.5) is 0 Å². The van der Waals surface area contributed by atoms with Gasteiger partial charge in [0.15, 0.2) is 0 Å². The van der Waals surface area contributed by atoms with Crippen LogP contribution in [-0.2, 0) is 19.0 Å². The minimum absolute atomic E-state index is 0.0600. The third-order valence-electron chi connectivity index (χ3n) is 8.78. The number of carbonyl (C=O) groups is 1. The average molecular weight is 413 g/mol. The quantitative estimate of drug-likeness (QED) is 0.375. The number of esters is 1. The van der Waals surface area contributed by atoms with Gasteiger partial charge in [-0.25, -0.2) is 0 Å². The van der Waals surface area contributed by atoms with Crippen molar-refractivity contribution >= 4 is 5.97 Å². The van der Waals surface area contributed by atoms with E-state index in [4.69, 9.17) is 14.2 Å². The monoisotopic (exact) mass is 412 g/mol. The maximum absolute atomic E-state index is 12.7. The number of nitrogens with two attached hydrogens (primary N) is 1. The summed E-state index contributed by atoms with van der Waals surface area (Å²) < 4.78 is 17.2. The molecule has 6 atom stereocenters. The van der Waals surface area contributed by atoms with E-state index in [9.17, 15) is 9.90 Å². The molecule has 4 N–H and O–H groups in total. The Kier molecular flexibility index (Phi) is 5.99. The Morgan fingerprint density at radius 1 is 1.24 bits per heavy atom. The van der Waals surface area contributed by atoms with Crippen LogP contribution < -0.4 is 10.2 Å². The van der Waals surface area contributed by atoms with E-state index in [1.165, 1.54) is 0 Å². The minimum Gasteiger partial charge on any atom is -0.462 e. The van der Waals surface area contributed by atoms with Gasteiger partial charge in [0.05, 0.1) is 31.0 Å². The Labute approximate surface area is 174 Å². The van der Waals surface area contributed by atoms with E-state index >= 15 is 0 Å². The molecule has 29 heavy (non-hydrogen) atoms. The summed E-state index contributed by atoms with van der Waals surface area (Å²) in [5, 5.41) is 14.2. The molecule has 7 heteroatoms. The van der Waals surface area contributed by atoms with Crippen molar-refractivity contribution in [3.63, 3.8) is 0 Å². The van der Waals surface area contributed by atoms with E-state index in [0.29, 0.717) is 6.42 Å². The molecule has 2 aliphatic heterocycles. The number of hydrogen-bond donors (Lipinski definition) is 3. The topological polar surface area (TPSA) is 86.0 Å². The lowest BCUT2D eigenvalue weighted by molar-refractivity contribution is -0.919. The molecule has 4 aliphatic rings. The molecule has 4 fully saturated rings. The molecule has 7 nitrogen and oxygen atoms in total. The first-order valence-electron chi connectivity index (χ1n) is 11.5. The number of quaternary nitrogens is 2. The molecule has 0 unspecified atom stereocenters. The molecular weight excluding hydrogens is 372 g/mol. The number of ether oxygens (including phenoxy) is 3. The van der Waals surface area contributed by atoms with Crippen molar-refractivity contribution in [2.45, 2.75) is 63.3 Å². The lowest BCUT2D eigenvalue weighted by Gasteiger charge is -2.61. The molecule has 0 aromatic carbocycles. The standard InChI is InChI=1S/C22H38N2O5/c1-20-5-4-6-21(2,27-3)22(20,26)13-16-17(19(25)29-18(16)14-20)15-23-7-8-24-9-11-28-12-10-24/h16-18,23,26H,4-15H2,1-3H3/p+2/t16-,17-,18+,20-,21-,22+/m0/s1. The van der Waals surface area contributed by atoms with E-state index in [2.05, 4.69) is 19.2 Å². The van der Waals surface area contributed by atoms with Gasteiger partial charge < -0.3 is 29.5 Å². The predicted molar refractivity (Wildman–Crippen MR) is 106 cm³/mol. The highest BCUT2D eigenvalue weighted by atomic mass is 16.6. The highest BCUT2D eigenvalue weighted by Gasteiger charge is 2.67. The van der Waals surface area contributed by atoms with Crippen LogP contribution in [0.1, 0.15) is 46.0 Å². The van der Waals surface area contributed by atoms with Crippen molar-refractivity contribution < 1.29 is 34.3 Å². The molecule has 0 bridgehead atoms. The predicted octanol–water partition coefficient (Wildman–Crippen LogP) is -1.26. The second kappa shape index (κ2) is 8.08. The summed E-state index contributed by atoms with van der Waals surface area (Å²) in [6.07, 6.45) is 4.14.